The van der Waals surface area contributed by atoms with Crippen LogP contribution in [0, 0.1) is 6.92 Å². The lowest BCUT2D eigenvalue weighted by Gasteiger charge is -2.28. The van der Waals surface area contributed by atoms with Crippen LogP contribution in [0.4, 0.5) is 5.82 Å². The average Bonchev–Trinajstić information content (AvgIpc) is 3.16. The molecule has 0 spiro atoms. The highest BCUT2D eigenvalue weighted by atomic mass is 16.6. The van der Waals surface area contributed by atoms with Crippen LogP contribution >= 0.6 is 0 Å². The van der Waals surface area contributed by atoms with Crippen LogP contribution in [0.1, 0.15) is 35.3 Å². The van der Waals surface area contributed by atoms with Gasteiger partial charge in [-0.25, -0.2) is 4.98 Å². The van der Waals surface area contributed by atoms with Crippen LogP contribution in [-0.4, -0.2) is 78.5 Å². The Hall–Kier alpha value is -2.71. The molecule has 3 aliphatic rings. The van der Waals surface area contributed by atoms with Crippen LogP contribution in [-0.2, 0) is 9.47 Å². The van der Waals surface area contributed by atoms with Crippen LogP contribution < -0.4 is 9.64 Å². The molecule has 5 heterocycles. The molecule has 8 nitrogen and oxygen atoms in total. The second-order valence-corrected chi connectivity index (χ2v) is 8.75. The Bertz CT molecular complexity index is 916. The number of rotatable bonds is 4. The minimum absolute atomic E-state index is 0.0712. The Morgan fingerprint density at radius 2 is 1.78 bits per heavy atom. The van der Waals surface area contributed by atoms with E-state index < -0.39 is 0 Å². The molecule has 3 fully saturated rings. The predicted octanol–water partition coefficient (Wildman–Crippen LogP) is 2.46. The van der Waals surface area contributed by atoms with E-state index in [9.17, 15) is 4.79 Å². The first-order valence-corrected chi connectivity index (χ1v) is 11.5. The Balaban J connectivity index is 1.23. The van der Waals surface area contributed by atoms with E-state index in [1.54, 1.807) is 12.4 Å². The number of carbonyl (C=O) groups excluding carboxylic acids is 1. The molecule has 2 aromatic rings. The van der Waals surface area contributed by atoms with E-state index in [1.807, 2.05) is 36.1 Å². The molecule has 0 bridgehead atoms. The Morgan fingerprint density at radius 3 is 2.47 bits per heavy atom. The van der Waals surface area contributed by atoms with Gasteiger partial charge >= 0.3 is 0 Å². The van der Waals surface area contributed by atoms with Crippen molar-refractivity contribution in [1.29, 1.82) is 0 Å². The third kappa shape index (κ3) is 4.56. The number of fused-ring (bicyclic) bond motifs is 1. The van der Waals surface area contributed by atoms with Gasteiger partial charge in [-0.15, -0.1) is 0 Å². The van der Waals surface area contributed by atoms with Crippen molar-refractivity contribution in [3.63, 3.8) is 0 Å². The molecule has 1 amide bonds. The maximum absolute atomic E-state index is 13.2. The van der Waals surface area contributed by atoms with E-state index in [-0.39, 0.29) is 24.2 Å². The summed E-state index contributed by atoms with van der Waals surface area (Å²) in [5.74, 6) is 1.51. The van der Waals surface area contributed by atoms with Gasteiger partial charge in [0.25, 0.3) is 5.91 Å². The molecule has 5 rings (SSSR count). The van der Waals surface area contributed by atoms with Gasteiger partial charge in [0.1, 0.15) is 29.9 Å². The van der Waals surface area contributed by atoms with E-state index >= 15 is 0 Å². The molecule has 0 aliphatic carbocycles. The Morgan fingerprint density at radius 1 is 1.03 bits per heavy atom. The zero-order valence-electron chi connectivity index (χ0n) is 18.5. The van der Waals surface area contributed by atoms with Crippen LogP contribution in [0.15, 0.2) is 36.7 Å². The van der Waals surface area contributed by atoms with Gasteiger partial charge in [-0.05, 0) is 50.5 Å². The van der Waals surface area contributed by atoms with Crippen LogP contribution in [0.3, 0.4) is 0 Å². The van der Waals surface area contributed by atoms with Gasteiger partial charge in [-0.3, -0.25) is 9.78 Å². The molecule has 0 unspecified atom stereocenters. The quantitative estimate of drug-likeness (QED) is 0.726. The van der Waals surface area contributed by atoms with E-state index in [1.165, 1.54) is 6.42 Å². The van der Waals surface area contributed by atoms with Crippen molar-refractivity contribution in [2.24, 2.45) is 0 Å². The zero-order chi connectivity index (χ0) is 21.9. The molecule has 0 N–H and O–H groups in total. The fourth-order valence-electron chi connectivity index (χ4n) is 4.61. The summed E-state index contributed by atoms with van der Waals surface area (Å²) in [6.07, 6.45) is 6.46. The highest BCUT2D eigenvalue weighted by Gasteiger charge is 2.39. The predicted molar refractivity (Wildman–Crippen MR) is 119 cm³/mol. The monoisotopic (exact) mass is 438 g/mol. The SMILES string of the molecule is Cc1ccc(OC2CO[C@H]3CN(c4ncccc4C(=O)N4CCCCC4)C[C@@H]3OC2)cn1. The molecular weight excluding hydrogens is 408 g/mol. The first kappa shape index (κ1) is 21.2. The van der Waals surface area contributed by atoms with Gasteiger partial charge in [0.05, 0.1) is 25.0 Å². The number of nitrogens with zero attached hydrogens (tertiary/aromatic N) is 4. The normalized spacial score (nSPS) is 24.2. The minimum Gasteiger partial charge on any atom is -0.484 e. The van der Waals surface area contributed by atoms with Gasteiger partial charge < -0.3 is 24.0 Å². The maximum atomic E-state index is 13.2. The maximum Gasteiger partial charge on any atom is 0.257 e. The number of aryl methyl sites for hydroxylation is 1. The number of piperidine rings is 1. The summed E-state index contributed by atoms with van der Waals surface area (Å²) in [5.41, 5.74) is 1.62. The number of anilines is 1. The number of hydrogen-bond donors (Lipinski definition) is 0. The molecule has 8 heteroatoms. The topological polar surface area (TPSA) is 77.0 Å². The number of hydrogen-bond acceptors (Lipinski definition) is 7. The van der Waals surface area contributed by atoms with Gasteiger partial charge in [-0.1, -0.05) is 0 Å². The van der Waals surface area contributed by atoms with E-state index in [4.69, 9.17) is 14.2 Å². The number of aromatic nitrogens is 2. The first-order chi connectivity index (χ1) is 15.7. The van der Waals surface area contributed by atoms with E-state index in [2.05, 4.69) is 14.9 Å². The lowest BCUT2D eigenvalue weighted by atomic mass is 10.1. The number of carbonyl (C=O) groups is 1. The van der Waals surface area contributed by atoms with Crippen molar-refractivity contribution in [1.82, 2.24) is 14.9 Å². The van der Waals surface area contributed by atoms with Crippen LogP contribution in [0.25, 0.3) is 0 Å². The van der Waals surface area contributed by atoms with Gasteiger partial charge in [0.2, 0.25) is 0 Å². The Labute approximate surface area is 188 Å². The fourth-order valence-corrected chi connectivity index (χ4v) is 4.61. The van der Waals surface area contributed by atoms with Crippen molar-refractivity contribution >= 4 is 11.7 Å². The molecule has 0 radical (unpaired) electrons. The zero-order valence-corrected chi connectivity index (χ0v) is 18.5. The highest BCUT2D eigenvalue weighted by Crippen LogP contribution is 2.28. The lowest BCUT2D eigenvalue weighted by molar-refractivity contribution is -0.00461. The molecule has 0 aromatic carbocycles. The summed E-state index contributed by atoms with van der Waals surface area (Å²) in [6, 6.07) is 7.56. The summed E-state index contributed by atoms with van der Waals surface area (Å²) < 4.78 is 18.3. The van der Waals surface area contributed by atoms with Crippen LogP contribution in [0.5, 0.6) is 5.75 Å². The lowest BCUT2D eigenvalue weighted by Crippen LogP contribution is -2.37. The molecule has 2 aromatic heterocycles. The number of likely N-dealkylation sites (tertiary alicyclic amines) is 1. The molecular formula is C24H30N4O4. The summed E-state index contributed by atoms with van der Waals surface area (Å²) in [4.78, 5) is 26.1. The van der Waals surface area contributed by atoms with E-state index in [0.29, 0.717) is 31.9 Å². The molecule has 3 aliphatic heterocycles. The van der Waals surface area contributed by atoms with Gasteiger partial charge in [0, 0.05) is 38.1 Å². The molecule has 0 saturated carbocycles. The number of ether oxygens (including phenoxy) is 3. The number of pyridine rings is 2. The van der Waals surface area contributed by atoms with Crippen LogP contribution in [0.2, 0.25) is 0 Å². The smallest absolute Gasteiger partial charge is 0.257 e. The minimum atomic E-state index is -0.176. The van der Waals surface area contributed by atoms with Crippen molar-refractivity contribution in [2.75, 3.05) is 44.3 Å². The summed E-state index contributed by atoms with van der Waals surface area (Å²) >= 11 is 0. The van der Waals surface area contributed by atoms with Crippen molar-refractivity contribution < 1.29 is 19.0 Å². The number of amides is 1. The van der Waals surface area contributed by atoms with E-state index in [0.717, 1.165) is 43.2 Å². The van der Waals surface area contributed by atoms with Gasteiger partial charge in [0.15, 0.2) is 0 Å². The third-order valence-electron chi connectivity index (χ3n) is 6.35. The highest BCUT2D eigenvalue weighted by molar-refractivity contribution is 5.99. The molecule has 3 saturated heterocycles. The summed E-state index contributed by atoms with van der Waals surface area (Å²) in [6.45, 7) is 5.77. The standard InChI is InChI=1S/C24H30N4O4/c1-17-7-8-18(12-26-17)32-19-15-30-21-13-28(14-22(21)31-16-19)23-20(6-5-9-25-23)24(29)27-10-3-2-4-11-27/h5-9,12,19,21-22H,2-4,10-11,13-16H2,1H3/t21-,22-/m0/s1. The summed E-state index contributed by atoms with van der Waals surface area (Å²) in [7, 11) is 0. The van der Waals surface area contributed by atoms with Crippen molar-refractivity contribution in [3.8, 4) is 5.75 Å². The molecule has 2 atom stereocenters. The second kappa shape index (κ2) is 9.42. The fraction of sp³-hybridized carbons (Fsp3) is 0.542. The first-order valence-electron chi connectivity index (χ1n) is 11.5. The third-order valence-corrected chi connectivity index (χ3v) is 6.35. The van der Waals surface area contributed by atoms with Gasteiger partial charge in [-0.2, -0.15) is 0 Å². The second-order valence-electron chi connectivity index (χ2n) is 8.75. The Kier molecular flexibility index (Phi) is 6.23. The van der Waals surface area contributed by atoms with Crippen molar-refractivity contribution in [3.05, 3.63) is 47.9 Å². The summed E-state index contributed by atoms with van der Waals surface area (Å²) in [5, 5.41) is 0. The largest absolute Gasteiger partial charge is 0.484 e. The molecule has 32 heavy (non-hydrogen) atoms. The van der Waals surface area contributed by atoms with Crippen molar-refractivity contribution in [2.45, 2.75) is 44.5 Å². The molecule has 170 valence electrons. The average molecular weight is 439 g/mol.